The summed E-state index contributed by atoms with van der Waals surface area (Å²) in [6.45, 7) is 2.09. The number of thiophene rings is 2. The van der Waals surface area contributed by atoms with Crippen LogP contribution in [0.25, 0.3) is 31.2 Å². The maximum absolute atomic E-state index is 14.5. The number of fused-ring (bicyclic) bond motifs is 1. The molecule has 0 aliphatic carbocycles. The second kappa shape index (κ2) is 5.65. The molecule has 7 heteroatoms. The number of aromatic nitrogens is 2. The molecular formula is C15H8BrFN2S2Se. The predicted molar refractivity (Wildman–Crippen MR) is 95.5 cm³/mol. The van der Waals surface area contributed by atoms with Crippen molar-refractivity contribution in [2.45, 2.75) is 6.92 Å². The summed E-state index contributed by atoms with van der Waals surface area (Å²) in [5.41, 5.74) is 2.03. The van der Waals surface area contributed by atoms with E-state index in [1.165, 1.54) is 15.8 Å². The van der Waals surface area contributed by atoms with E-state index in [2.05, 4.69) is 49.0 Å². The zero-order valence-electron chi connectivity index (χ0n) is 11.3. The van der Waals surface area contributed by atoms with Crippen LogP contribution in [0.4, 0.5) is 4.39 Å². The van der Waals surface area contributed by atoms with Gasteiger partial charge in [0, 0.05) is 0 Å². The van der Waals surface area contributed by atoms with E-state index in [0.717, 1.165) is 15.3 Å². The van der Waals surface area contributed by atoms with Gasteiger partial charge in [-0.15, -0.1) is 0 Å². The third-order valence-electron chi connectivity index (χ3n) is 3.28. The van der Waals surface area contributed by atoms with Crippen molar-refractivity contribution < 1.29 is 4.39 Å². The molecule has 0 radical (unpaired) electrons. The summed E-state index contributed by atoms with van der Waals surface area (Å²) in [6, 6.07) is 9.73. The minimum absolute atomic E-state index is 0.182. The second-order valence-corrected chi connectivity index (χ2v) is 9.09. The summed E-state index contributed by atoms with van der Waals surface area (Å²) in [5.74, 6) is -0.252. The fourth-order valence-corrected chi connectivity index (χ4v) is 6.22. The summed E-state index contributed by atoms with van der Waals surface area (Å²) in [6.07, 6.45) is 0. The normalized spacial score (nSPS) is 11.4. The van der Waals surface area contributed by atoms with Crippen LogP contribution < -0.4 is 0 Å². The molecule has 0 amide bonds. The number of benzene rings is 1. The standard InChI is InChI=1S/C15H8BrFN2S2Se/c1-7-2-3-10(20-7)11-4-5-12(21-11)13-9(17)6-8(16)14-15(13)19-22-18-14/h2-6H,1H3. The average Bonchev–Trinajstić information content (AvgIpc) is 3.18. The SMILES string of the molecule is Cc1ccc(-c2ccc(-c3c(F)cc(Br)c4n[se]nc34)s2)s1. The molecule has 0 aliphatic heterocycles. The first-order chi connectivity index (χ1) is 10.6. The maximum atomic E-state index is 14.5. The molecule has 3 heterocycles. The number of halogens is 2. The van der Waals surface area contributed by atoms with E-state index in [0.29, 0.717) is 15.6 Å². The van der Waals surface area contributed by atoms with Gasteiger partial charge in [0.05, 0.1) is 0 Å². The summed E-state index contributed by atoms with van der Waals surface area (Å²) in [7, 11) is 0. The number of hydrogen-bond donors (Lipinski definition) is 0. The molecular weight excluding hydrogens is 450 g/mol. The van der Waals surface area contributed by atoms with Gasteiger partial charge in [-0.1, -0.05) is 0 Å². The average molecular weight is 458 g/mol. The van der Waals surface area contributed by atoms with Crippen LogP contribution in [0, 0.1) is 12.7 Å². The topological polar surface area (TPSA) is 25.8 Å². The number of rotatable bonds is 2. The van der Waals surface area contributed by atoms with Gasteiger partial charge >= 0.3 is 150 Å². The van der Waals surface area contributed by atoms with Gasteiger partial charge in [-0.2, -0.15) is 0 Å². The van der Waals surface area contributed by atoms with Gasteiger partial charge in [-0.25, -0.2) is 0 Å². The van der Waals surface area contributed by atoms with Gasteiger partial charge in [-0.3, -0.25) is 0 Å². The van der Waals surface area contributed by atoms with Crippen LogP contribution in [0.5, 0.6) is 0 Å². The fourth-order valence-electron chi connectivity index (χ4n) is 2.28. The van der Waals surface area contributed by atoms with E-state index >= 15 is 0 Å². The third kappa shape index (κ3) is 2.41. The summed E-state index contributed by atoms with van der Waals surface area (Å²) < 4.78 is 24.0. The molecule has 2 nitrogen and oxygen atoms in total. The first-order valence-corrected chi connectivity index (χ1v) is 10.4. The number of hydrogen-bond acceptors (Lipinski definition) is 4. The van der Waals surface area contributed by atoms with E-state index in [1.54, 1.807) is 22.7 Å². The molecule has 0 spiro atoms. The monoisotopic (exact) mass is 458 g/mol. The zero-order chi connectivity index (χ0) is 15.3. The van der Waals surface area contributed by atoms with Gasteiger partial charge in [0.2, 0.25) is 0 Å². The second-order valence-electron chi connectivity index (χ2n) is 4.75. The molecule has 22 heavy (non-hydrogen) atoms. The Morgan fingerprint density at radius 3 is 2.45 bits per heavy atom. The van der Waals surface area contributed by atoms with Gasteiger partial charge in [0.1, 0.15) is 0 Å². The van der Waals surface area contributed by atoms with Gasteiger partial charge in [0.15, 0.2) is 0 Å². The molecule has 0 saturated carbocycles. The van der Waals surface area contributed by atoms with Crippen molar-refractivity contribution in [3.63, 3.8) is 0 Å². The van der Waals surface area contributed by atoms with E-state index in [9.17, 15) is 4.39 Å². The van der Waals surface area contributed by atoms with Crippen LogP contribution in [0.15, 0.2) is 34.8 Å². The Balaban J connectivity index is 1.90. The van der Waals surface area contributed by atoms with Crippen molar-refractivity contribution in [2.24, 2.45) is 0 Å². The van der Waals surface area contributed by atoms with Gasteiger partial charge in [0.25, 0.3) is 0 Å². The van der Waals surface area contributed by atoms with Crippen LogP contribution in [0.2, 0.25) is 0 Å². The molecule has 0 unspecified atom stereocenters. The molecule has 110 valence electrons. The Morgan fingerprint density at radius 1 is 1.00 bits per heavy atom. The Kier molecular flexibility index (Phi) is 3.78. The molecule has 4 rings (SSSR count). The summed E-state index contributed by atoms with van der Waals surface area (Å²) in [4.78, 5) is 4.55. The third-order valence-corrected chi connectivity index (χ3v) is 7.29. The van der Waals surface area contributed by atoms with Crippen molar-refractivity contribution in [3.8, 4) is 20.2 Å². The molecule has 4 aromatic rings. The van der Waals surface area contributed by atoms with Crippen molar-refractivity contribution >= 4 is 64.6 Å². The molecule has 3 aromatic heterocycles. The first kappa shape index (κ1) is 14.7. The minimum atomic E-state index is -0.252. The number of aryl methyl sites for hydroxylation is 1. The van der Waals surface area contributed by atoms with Gasteiger partial charge in [-0.05, 0) is 0 Å². The molecule has 0 fully saturated rings. The van der Waals surface area contributed by atoms with Crippen LogP contribution in [-0.2, 0) is 0 Å². The number of nitrogens with zero attached hydrogens (tertiary/aromatic N) is 2. The first-order valence-electron chi connectivity index (χ1n) is 6.41. The van der Waals surface area contributed by atoms with E-state index < -0.39 is 0 Å². The summed E-state index contributed by atoms with van der Waals surface area (Å²) in [5, 5.41) is 0. The van der Waals surface area contributed by atoms with Gasteiger partial charge < -0.3 is 0 Å². The quantitative estimate of drug-likeness (QED) is 0.379. The van der Waals surface area contributed by atoms with E-state index in [4.69, 9.17) is 0 Å². The molecule has 1 aromatic carbocycles. The molecule has 0 atom stereocenters. The Labute approximate surface area is 149 Å². The Bertz CT molecular complexity index is 989. The summed E-state index contributed by atoms with van der Waals surface area (Å²) >= 11 is 6.54. The fraction of sp³-hybridized carbons (Fsp3) is 0.0667. The molecule has 0 aliphatic rings. The molecule has 0 bridgehead atoms. The molecule has 0 saturated heterocycles. The van der Waals surface area contributed by atoms with Crippen molar-refractivity contribution in [1.29, 1.82) is 0 Å². The van der Waals surface area contributed by atoms with Crippen molar-refractivity contribution in [2.75, 3.05) is 0 Å². The predicted octanol–water partition coefficient (Wildman–Crippen LogP) is 5.35. The van der Waals surface area contributed by atoms with E-state index in [-0.39, 0.29) is 20.8 Å². The Hall–Kier alpha value is -0.851. The van der Waals surface area contributed by atoms with Crippen LogP contribution in [0.3, 0.4) is 0 Å². The van der Waals surface area contributed by atoms with Crippen molar-refractivity contribution in [3.05, 3.63) is 45.5 Å². The van der Waals surface area contributed by atoms with Crippen molar-refractivity contribution in [1.82, 2.24) is 7.96 Å². The van der Waals surface area contributed by atoms with Crippen LogP contribution >= 0.6 is 38.6 Å². The van der Waals surface area contributed by atoms with E-state index in [1.807, 2.05) is 6.07 Å². The molecule has 0 N–H and O–H groups in total. The van der Waals surface area contributed by atoms with Crippen LogP contribution in [-0.4, -0.2) is 22.9 Å². The Morgan fingerprint density at radius 2 is 1.68 bits per heavy atom. The van der Waals surface area contributed by atoms with Crippen LogP contribution in [0.1, 0.15) is 4.88 Å². The zero-order valence-corrected chi connectivity index (χ0v) is 16.2.